The van der Waals surface area contributed by atoms with E-state index >= 15 is 0 Å². The van der Waals surface area contributed by atoms with E-state index in [4.69, 9.17) is 0 Å². The third kappa shape index (κ3) is 3.71. The summed E-state index contributed by atoms with van der Waals surface area (Å²) in [4.78, 5) is 18.2. The molecule has 0 saturated heterocycles. The molecule has 110 valence electrons. The second kappa shape index (κ2) is 6.73. The van der Waals surface area contributed by atoms with Crippen LogP contribution in [0.4, 0.5) is 4.79 Å². The van der Waals surface area contributed by atoms with E-state index in [1.807, 2.05) is 31.0 Å². The molecule has 1 aromatic rings. The molecule has 4 nitrogen and oxygen atoms in total. The molecule has 1 aliphatic rings. The Kier molecular flexibility index (Phi) is 4.99. The topological polar surface area (TPSA) is 45.2 Å². The van der Waals surface area contributed by atoms with Crippen molar-refractivity contribution in [2.45, 2.75) is 51.6 Å². The predicted octanol–water partition coefficient (Wildman–Crippen LogP) is 3.36. The van der Waals surface area contributed by atoms with Gasteiger partial charge in [-0.25, -0.2) is 4.79 Å². The van der Waals surface area contributed by atoms with E-state index in [2.05, 4.69) is 17.2 Å². The van der Waals surface area contributed by atoms with E-state index in [0.29, 0.717) is 6.04 Å². The number of carbonyl (C=O) groups is 1. The van der Waals surface area contributed by atoms with Crippen molar-refractivity contribution in [1.29, 1.82) is 0 Å². The van der Waals surface area contributed by atoms with Crippen molar-refractivity contribution in [3.63, 3.8) is 0 Å². The van der Waals surface area contributed by atoms with E-state index in [-0.39, 0.29) is 12.1 Å². The number of nitrogens with one attached hydrogen (secondary N) is 1. The van der Waals surface area contributed by atoms with Gasteiger partial charge in [0.15, 0.2) is 0 Å². The van der Waals surface area contributed by atoms with Crippen LogP contribution < -0.4 is 5.32 Å². The van der Waals surface area contributed by atoms with E-state index in [0.717, 1.165) is 24.3 Å². The Morgan fingerprint density at radius 2 is 1.90 bits per heavy atom. The zero-order valence-electron chi connectivity index (χ0n) is 12.7. The fourth-order valence-electron chi connectivity index (χ4n) is 2.82. The number of pyridine rings is 1. The van der Waals surface area contributed by atoms with Crippen LogP contribution in [0.3, 0.4) is 0 Å². The molecule has 4 heteroatoms. The predicted molar refractivity (Wildman–Crippen MR) is 80.4 cm³/mol. The van der Waals surface area contributed by atoms with Crippen LogP contribution in [0.1, 0.15) is 51.1 Å². The average Bonchev–Trinajstić information content (AvgIpc) is 2.48. The Morgan fingerprint density at radius 1 is 1.30 bits per heavy atom. The molecule has 2 rings (SSSR count). The first-order valence-electron chi connectivity index (χ1n) is 7.51. The zero-order valence-corrected chi connectivity index (χ0v) is 12.7. The monoisotopic (exact) mass is 275 g/mol. The van der Waals surface area contributed by atoms with E-state index in [1.54, 1.807) is 12.4 Å². The summed E-state index contributed by atoms with van der Waals surface area (Å²) in [6, 6.07) is 4.29. The standard InChI is InChI=1S/C16H25N3O/c1-12-4-6-15(7-5-12)19(3)16(20)18-13(2)14-8-10-17-11-9-14/h8-13,15H,4-7H2,1-3H3,(H,18,20). The lowest BCUT2D eigenvalue weighted by molar-refractivity contribution is 0.161. The van der Waals surface area contributed by atoms with Crippen LogP contribution in [-0.2, 0) is 0 Å². The van der Waals surface area contributed by atoms with Crippen molar-refractivity contribution >= 4 is 6.03 Å². The van der Waals surface area contributed by atoms with Crippen LogP contribution in [0.15, 0.2) is 24.5 Å². The minimum atomic E-state index is 0.00969. The van der Waals surface area contributed by atoms with Gasteiger partial charge in [0, 0.05) is 25.5 Å². The average molecular weight is 275 g/mol. The first-order valence-corrected chi connectivity index (χ1v) is 7.51. The van der Waals surface area contributed by atoms with E-state index < -0.39 is 0 Å². The number of urea groups is 1. The smallest absolute Gasteiger partial charge is 0.317 e. The van der Waals surface area contributed by atoms with Crippen molar-refractivity contribution in [1.82, 2.24) is 15.2 Å². The Labute approximate surface area is 121 Å². The van der Waals surface area contributed by atoms with Crippen molar-refractivity contribution in [2.75, 3.05) is 7.05 Å². The second-order valence-electron chi connectivity index (χ2n) is 5.98. The van der Waals surface area contributed by atoms with Crippen LogP contribution in [0, 0.1) is 5.92 Å². The van der Waals surface area contributed by atoms with Gasteiger partial charge in [-0.15, -0.1) is 0 Å². The molecule has 1 aromatic heterocycles. The van der Waals surface area contributed by atoms with E-state index in [9.17, 15) is 4.79 Å². The summed E-state index contributed by atoms with van der Waals surface area (Å²) in [5.74, 6) is 0.804. The number of amides is 2. The first-order chi connectivity index (χ1) is 9.58. The van der Waals surface area contributed by atoms with Gasteiger partial charge in [-0.05, 0) is 56.2 Å². The maximum atomic E-state index is 12.3. The molecule has 0 aromatic carbocycles. The van der Waals surface area contributed by atoms with Crippen LogP contribution in [-0.4, -0.2) is 29.0 Å². The molecule has 0 bridgehead atoms. The molecule has 2 amide bonds. The van der Waals surface area contributed by atoms with Crippen LogP contribution in [0.2, 0.25) is 0 Å². The number of carbonyl (C=O) groups excluding carboxylic acids is 1. The summed E-state index contributed by atoms with van der Waals surface area (Å²) >= 11 is 0. The molecule has 0 spiro atoms. The lowest BCUT2D eigenvalue weighted by Crippen LogP contribution is -2.45. The molecule has 1 atom stereocenters. The lowest BCUT2D eigenvalue weighted by Gasteiger charge is -2.34. The number of aromatic nitrogens is 1. The molecule has 0 aliphatic heterocycles. The normalized spacial score (nSPS) is 23.9. The fourth-order valence-corrected chi connectivity index (χ4v) is 2.82. The Bertz CT molecular complexity index is 427. The van der Waals surface area contributed by atoms with Gasteiger partial charge in [-0.2, -0.15) is 0 Å². The molecule has 1 saturated carbocycles. The third-order valence-corrected chi connectivity index (χ3v) is 4.40. The molecule has 1 N–H and O–H groups in total. The minimum Gasteiger partial charge on any atom is -0.331 e. The molecule has 1 heterocycles. The molecule has 1 unspecified atom stereocenters. The first kappa shape index (κ1) is 14.8. The summed E-state index contributed by atoms with van der Waals surface area (Å²) in [7, 11) is 1.91. The van der Waals surface area contributed by atoms with Gasteiger partial charge in [0.25, 0.3) is 0 Å². The van der Waals surface area contributed by atoms with Crippen molar-refractivity contribution < 1.29 is 4.79 Å². The highest BCUT2D eigenvalue weighted by Gasteiger charge is 2.25. The fraction of sp³-hybridized carbons (Fsp3) is 0.625. The highest BCUT2D eigenvalue weighted by molar-refractivity contribution is 5.74. The number of hydrogen-bond acceptors (Lipinski definition) is 2. The largest absolute Gasteiger partial charge is 0.331 e. The van der Waals surface area contributed by atoms with Crippen LogP contribution in [0.25, 0.3) is 0 Å². The minimum absolute atomic E-state index is 0.00969. The van der Waals surface area contributed by atoms with Gasteiger partial charge >= 0.3 is 6.03 Å². The second-order valence-corrected chi connectivity index (χ2v) is 5.98. The van der Waals surface area contributed by atoms with Gasteiger partial charge in [-0.3, -0.25) is 4.98 Å². The number of hydrogen-bond donors (Lipinski definition) is 1. The summed E-state index contributed by atoms with van der Waals surface area (Å²) in [6.45, 7) is 4.30. The molecular formula is C16H25N3O. The summed E-state index contributed by atoms with van der Waals surface area (Å²) < 4.78 is 0. The number of nitrogens with zero attached hydrogens (tertiary/aromatic N) is 2. The zero-order chi connectivity index (χ0) is 14.5. The number of rotatable bonds is 3. The van der Waals surface area contributed by atoms with Gasteiger partial charge in [0.05, 0.1) is 6.04 Å². The summed E-state index contributed by atoms with van der Waals surface area (Å²) in [5, 5.41) is 3.06. The SMILES string of the molecule is CC1CCC(N(C)C(=O)NC(C)c2ccncc2)CC1. The highest BCUT2D eigenvalue weighted by Crippen LogP contribution is 2.26. The van der Waals surface area contributed by atoms with Crippen molar-refractivity contribution in [3.05, 3.63) is 30.1 Å². The summed E-state index contributed by atoms with van der Waals surface area (Å²) in [6.07, 6.45) is 8.20. The quantitative estimate of drug-likeness (QED) is 0.919. The lowest BCUT2D eigenvalue weighted by atomic mass is 9.87. The summed E-state index contributed by atoms with van der Waals surface area (Å²) in [5.41, 5.74) is 1.08. The van der Waals surface area contributed by atoms with Crippen molar-refractivity contribution in [2.24, 2.45) is 5.92 Å². The van der Waals surface area contributed by atoms with Crippen LogP contribution in [0.5, 0.6) is 0 Å². The molecule has 1 fully saturated rings. The van der Waals surface area contributed by atoms with Gasteiger partial charge in [0.2, 0.25) is 0 Å². The molecular weight excluding hydrogens is 250 g/mol. The van der Waals surface area contributed by atoms with Gasteiger partial charge < -0.3 is 10.2 Å². The molecule has 0 radical (unpaired) electrons. The maximum absolute atomic E-state index is 12.3. The Morgan fingerprint density at radius 3 is 2.50 bits per heavy atom. The molecule has 20 heavy (non-hydrogen) atoms. The third-order valence-electron chi connectivity index (χ3n) is 4.40. The van der Waals surface area contributed by atoms with Crippen molar-refractivity contribution in [3.8, 4) is 0 Å². The van der Waals surface area contributed by atoms with E-state index in [1.165, 1.54) is 12.8 Å². The van der Waals surface area contributed by atoms with Gasteiger partial charge in [-0.1, -0.05) is 6.92 Å². The van der Waals surface area contributed by atoms with Crippen LogP contribution >= 0.6 is 0 Å². The maximum Gasteiger partial charge on any atom is 0.317 e. The molecule has 1 aliphatic carbocycles. The Balaban J connectivity index is 1.88. The van der Waals surface area contributed by atoms with Gasteiger partial charge in [0.1, 0.15) is 0 Å². The highest BCUT2D eigenvalue weighted by atomic mass is 16.2. The Hall–Kier alpha value is -1.58.